The number of aromatic hydroxyl groups is 1. The summed E-state index contributed by atoms with van der Waals surface area (Å²) in [5, 5.41) is 19.0. The lowest BCUT2D eigenvalue weighted by molar-refractivity contribution is -0.139. The molecule has 0 fully saturated rings. The van der Waals surface area contributed by atoms with Gasteiger partial charge in [0.05, 0.1) is 5.56 Å². The molecular formula is C22H24O4. The van der Waals surface area contributed by atoms with Crippen molar-refractivity contribution in [3.8, 4) is 23.8 Å². The molecule has 0 aliphatic carbocycles. The van der Waals surface area contributed by atoms with Gasteiger partial charge in [0.2, 0.25) is 0 Å². The largest absolute Gasteiger partial charge is 0.506 e. The first-order valence-corrected chi connectivity index (χ1v) is 8.50. The van der Waals surface area contributed by atoms with Crippen LogP contribution in [0.4, 0.5) is 0 Å². The number of carboxylic acids is 1. The van der Waals surface area contributed by atoms with Gasteiger partial charge in [-0.15, -0.1) is 6.42 Å². The smallest absolute Gasteiger partial charge is 0.341 e. The van der Waals surface area contributed by atoms with Crippen LogP contribution in [0.1, 0.15) is 53.1 Å². The first kappa shape index (κ1) is 19.4. The molecule has 2 N–H and O–H groups in total. The lowest BCUT2D eigenvalue weighted by atomic mass is 9.91. The van der Waals surface area contributed by atoms with Crippen LogP contribution in [0.3, 0.4) is 0 Å². The van der Waals surface area contributed by atoms with E-state index in [0.29, 0.717) is 17.7 Å². The third-order valence-electron chi connectivity index (χ3n) is 4.39. The Bertz CT molecular complexity index is 849. The van der Waals surface area contributed by atoms with Crippen LogP contribution in [0, 0.1) is 26.2 Å². The second kappa shape index (κ2) is 7.97. The van der Waals surface area contributed by atoms with E-state index < -0.39 is 5.97 Å². The molecular weight excluding hydrogens is 328 g/mol. The zero-order valence-corrected chi connectivity index (χ0v) is 15.6. The van der Waals surface area contributed by atoms with Crippen molar-refractivity contribution in [2.24, 2.45) is 0 Å². The van der Waals surface area contributed by atoms with Crippen LogP contribution in [-0.2, 0) is 11.2 Å². The minimum atomic E-state index is -1.00. The van der Waals surface area contributed by atoms with Crippen LogP contribution < -0.4 is 4.74 Å². The van der Waals surface area contributed by atoms with E-state index in [1.165, 1.54) is 0 Å². The van der Waals surface area contributed by atoms with Gasteiger partial charge < -0.3 is 14.9 Å². The highest BCUT2D eigenvalue weighted by Gasteiger charge is 2.14. The molecule has 0 aromatic heterocycles. The summed E-state index contributed by atoms with van der Waals surface area (Å²) in [6.07, 6.45) is 6.22. The Morgan fingerprint density at radius 1 is 1.19 bits per heavy atom. The predicted molar refractivity (Wildman–Crippen MR) is 102 cm³/mol. The Morgan fingerprint density at radius 3 is 2.31 bits per heavy atom. The maximum absolute atomic E-state index is 10.7. The lowest BCUT2D eigenvalue weighted by Gasteiger charge is -2.16. The lowest BCUT2D eigenvalue weighted by Crippen LogP contribution is -2.10. The molecule has 2 aromatic carbocycles. The number of carboxylic acid groups (broad SMARTS) is 1. The number of aryl methyl sites for hydroxylation is 2. The first-order valence-electron chi connectivity index (χ1n) is 8.50. The van der Waals surface area contributed by atoms with Gasteiger partial charge in [0.15, 0.2) is 6.61 Å². The normalized spacial score (nSPS) is 10.6. The number of ether oxygens (including phenoxy) is 1. The van der Waals surface area contributed by atoms with E-state index in [-0.39, 0.29) is 18.3 Å². The van der Waals surface area contributed by atoms with Crippen LogP contribution in [0.5, 0.6) is 11.5 Å². The van der Waals surface area contributed by atoms with E-state index in [4.69, 9.17) is 16.3 Å². The second-order valence-corrected chi connectivity index (χ2v) is 6.78. The van der Waals surface area contributed by atoms with Crippen LogP contribution in [0.15, 0.2) is 24.3 Å². The average molecular weight is 352 g/mol. The summed E-state index contributed by atoms with van der Waals surface area (Å²) in [4.78, 5) is 10.7. The van der Waals surface area contributed by atoms with Gasteiger partial charge in [-0.25, -0.2) is 4.79 Å². The number of aliphatic carboxylic acids is 1. The molecule has 0 radical (unpaired) electrons. The molecule has 4 nitrogen and oxygen atoms in total. The second-order valence-electron chi connectivity index (χ2n) is 6.78. The van der Waals surface area contributed by atoms with Crippen molar-refractivity contribution in [2.45, 2.75) is 40.0 Å². The molecule has 0 saturated heterocycles. The molecule has 0 heterocycles. The van der Waals surface area contributed by atoms with Crippen molar-refractivity contribution < 1.29 is 19.7 Å². The molecule has 0 unspecified atom stereocenters. The maximum atomic E-state index is 10.7. The van der Waals surface area contributed by atoms with E-state index >= 15 is 0 Å². The van der Waals surface area contributed by atoms with Crippen molar-refractivity contribution in [2.75, 3.05) is 6.61 Å². The minimum Gasteiger partial charge on any atom is -0.506 e. The molecule has 0 saturated carbocycles. The molecule has 4 heteroatoms. The molecule has 26 heavy (non-hydrogen) atoms. The number of hydrogen-bond acceptors (Lipinski definition) is 3. The SMILES string of the molecule is C#Cc1cc(Cc2c(C)cc(OCC(=O)O)cc2C)cc(C(C)C)c1O. The van der Waals surface area contributed by atoms with Gasteiger partial charge in [-0.3, -0.25) is 0 Å². The van der Waals surface area contributed by atoms with E-state index in [9.17, 15) is 9.90 Å². The monoisotopic (exact) mass is 352 g/mol. The zero-order valence-electron chi connectivity index (χ0n) is 15.6. The van der Waals surface area contributed by atoms with Gasteiger partial charge in [-0.05, 0) is 72.2 Å². The van der Waals surface area contributed by atoms with Crippen LogP contribution in [0.2, 0.25) is 0 Å². The highest BCUT2D eigenvalue weighted by Crippen LogP contribution is 2.32. The van der Waals surface area contributed by atoms with Gasteiger partial charge >= 0.3 is 5.97 Å². The van der Waals surface area contributed by atoms with Crippen molar-refractivity contribution in [3.63, 3.8) is 0 Å². The Morgan fingerprint density at radius 2 is 1.81 bits per heavy atom. The summed E-state index contributed by atoms with van der Waals surface area (Å²) in [6.45, 7) is 7.62. The fourth-order valence-electron chi connectivity index (χ4n) is 3.04. The minimum absolute atomic E-state index is 0.163. The molecule has 0 amide bonds. The third-order valence-corrected chi connectivity index (χ3v) is 4.39. The molecule has 2 rings (SSSR count). The number of carbonyl (C=O) groups is 1. The van der Waals surface area contributed by atoms with Crippen LogP contribution in [0.25, 0.3) is 0 Å². The zero-order chi connectivity index (χ0) is 19.4. The molecule has 136 valence electrons. The van der Waals surface area contributed by atoms with E-state index in [0.717, 1.165) is 27.8 Å². The van der Waals surface area contributed by atoms with E-state index in [1.54, 1.807) is 0 Å². The molecule has 0 spiro atoms. The molecule has 0 atom stereocenters. The van der Waals surface area contributed by atoms with Crippen LogP contribution in [-0.4, -0.2) is 22.8 Å². The van der Waals surface area contributed by atoms with Gasteiger partial charge in [-0.2, -0.15) is 0 Å². The van der Waals surface area contributed by atoms with Crippen molar-refractivity contribution in [1.29, 1.82) is 0 Å². The summed E-state index contributed by atoms with van der Waals surface area (Å²) >= 11 is 0. The quantitative estimate of drug-likeness (QED) is 0.766. The van der Waals surface area contributed by atoms with Crippen LogP contribution >= 0.6 is 0 Å². The van der Waals surface area contributed by atoms with Gasteiger partial charge in [-0.1, -0.05) is 25.8 Å². The average Bonchev–Trinajstić information content (AvgIpc) is 2.57. The van der Waals surface area contributed by atoms with Crippen molar-refractivity contribution >= 4 is 5.97 Å². The summed E-state index contributed by atoms with van der Waals surface area (Å²) in [5.41, 5.74) is 5.55. The van der Waals surface area contributed by atoms with Gasteiger partial charge in [0, 0.05) is 0 Å². The topological polar surface area (TPSA) is 66.8 Å². The summed E-state index contributed by atoms with van der Waals surface area (Å²) in [5.74, 6) is 2.44. The highest BCUT2D eigenvalue weighted by atomic mass is 16.5. The van der Waals surface area contributed by atoms with Crippen molar-refractivity contribution in [1.82, 2.24) is 0 Å². The summed E-state index contributed by atoms with van der Waals surface area (Å²) < 4.78 is 5.28. The standard InChI is InChI=1S/C22H24O4/c1-6-17-9-16(10-19(13(2)3)22(17)25)11-20-14(4)7-18(8-15(20)5)26-12-21(23)24/h1,7-10,13,25H,11-12H2,2-5H3,(H,23,24). The molecule has 0 aliphatic heterocycles. The van der Waals surface area contributed by atoms with E-state index in [1.807, 2.05) is 52.0 Å². The first-order chi connectivity index (χ1) is 12.2. The fraction of sp³-hybridized carbons (Fsp3) is 0.318. The van der Waals surface area contributed by atoms with Gasteiger partial charge in [0.25, 0.3) is 0 Å². The number of phenolic OH excluding ortho intramolecular Hbond substituents is 1. The van der Waals surface area contributed by atoms with E-state index in [2.05, 4.69) is 5.92 Å². The number of rotatable bonds is 6. The number of hydrogen-bond donors (Lipinski definition) is 2. The predicted octanol–water partition coefficient (Wildman–Crippen LogP) is 4.17. The Hall–Kier alpha value is -2.93. The molecule has 2 aromatic rings. The molecule has 0 aliphatic rings. The maximum Gasteiger partial charge on any atom is 0.341 e. The van der Waals surface area contributed by atoms with Gasteiger partial charge in [0.1, 0.15) is 11.5 Å². The van der Waals surface area contributed by atoms with Crippen molar-refractivity contribution in [3.05, 3.63) is 57.6 Å². The number of benzene rings is 2. The Kier molecular flexibility index (Phi) is 5.94. The number of terminal acetylenes is 1. The highest BCUT2D eigenvalue weighted by molar-refractivity contribution is 5.68. The summed E-state index contributed by atoms with van der Waals surface area (Å²) in [7, 11) is 0. The Labute approximate surface area is 154 Å². The fourth-order valence-corrected chi connectivity index (χ4v) is 3.04. The summed E-state index contributed by atoms with van der Waals surface area (Å²) in [6, 6.07) is 7.53. The molecule has 0 bridgehead atoms. The number of phenols is 1. The Balaban J connectivity index is 2.38. The third kappa shape index (κ3) is 4.37.